The van der Waals surface area contributed by atoms with Crippen LogP contribution < -0.4 is 4.72 Å². The van der Waals surface area contributed by atoms with E-state index in [1.54, 1.807) is 25.3 Å². The molecule has 0 amide bonds. The first-order valence-electron chi connectivity index (χ1n) is 12.9. The number of sulfonamides is 1. The Balaban J connectivity index is 1.44. The number of carbonyl (C=O) groups excluding carboxylic acids is 2. The summed E-state index contributed by atoms with van der Waals surface area (Å²) in [6, 6.07) is 11.1. The van der Waals surface area contributed by atoms with E-state index in [1.807, 2.05) is 42.7 Å². The molecule has 3 heterocycles. The number of anilines is 1. The number of hydrogen-bond acceptors (Lipinski definition) is 8. The largest absolute Gasteiger partial charge is 0.461 e. The molecule has 202 valence electrons. The highest BCUT2D eigenvalue weighted by molar-refractivity contribution is 8.07. The van der Waals surface area contributed by atoms with E-state index in [9.17, 15) is 18.0 Å². The van der Waals surface area contributed by atoms with Crippen LogP contribution in [0.4, 0.5) is 5.69 Å². The average molecular weight is 548 g/mol. The first kappa shape index (κ1) is 26.5. The molecule has 0 aliphatic heterocycles. The summed E-state index contributed by atoms with van der Waals surface area (Å²) >= 11 is 0. The van der Waals surface area contributed by atoms with Crippen molar-refractivity contribution in [1.29, 1.82) is 0 Å². The average Bonchev–Trinajstić information content (AvgIpc) is 3.71. The molecule has 0 unspecified atom stereocenters. The van der Waals surface area contributed by atoms with Gasteiger partial charge < -0.3 is 9.30 Å². The van der Waals surface area contributed by atoms with E-state index in [0.717, 1.165) is 28.0 Å². The fourth-order valence-electron chi connectivity index (χ4n) is 4.47. The molecule has 3 aromatic heterocycles. The van der Waals surface area contributed by atoms with Crippen molar-refractivity contribution in [2.24, 2.45) is 5.92 Å². The predicted octanol–water partition coefficient (Wildman–Crippen LogP) is 4.27. The lowest BCUT2D eigenvalue weighted by atomic mass is 10.0. The van der Waals surface area contributed by atoms with Gasteiger partial charge in [0.25, 0.3) is 15.1 Å². The molecular weight excluding hydrogens is 518 g/mol. The highest BCUT2D eigenvalue weighted by atomic mass is 32.2. The first-order valence-corrected chi connectivity index (χ1v) is 14.3. The van der Waals surface area contributed by atoms with Crippen molar-refractivity contribution in [3.8, 4) is 11.1 Å². The second-order valence-electron chi connectivity index (χ2n) is 9.50. The lowest BCUT2D eigenvalue weighted by molar-refractivity contribution is -0.112. The normalized spacial score (nSPS) is 13.4. The number of rotatable bonds is 9. The SMILES string of the molecule is CCOC(=O)c1cc(C)c2nc(CC)n(Cc3ccc(-c4ccncc4NS(=O)(=O)C(=O)C4CC4)cc3)c2n1. The Morgan fingerprint density at radius 2 is 1.85 bits per heavy atom. The second kappa shape index (κ2) is 10.6. The maximum atomic E-state index is 12.6. The lowest BCUT2D eigenvalue weighted by Crippen LogP contribution is -2.24. The molecule has 0 saturated heterocycles. The van der Waals surface area contributed by atoms with Gasteiger partial charge in [-0.25, -0.2) is 14.8 Å². The quantitative estimate of drug-likeness (QED) is 0.307. The zero-order valence-electron chi connectivity index (χ0n) is 22.0. The minimum absolute atomic E-state index is 0.244. The Morgan fingerprint density at radius 1 is 1.10 bits per heavy atom. The number of nitrogens with one attached hydrogen (secondary N) is 1. The fraction of sp³-hybridized carbons (Fsp3) is 0.321. The minimum atomic E-state index is -4.15. The molecule has 1 saturated carbocycles. The molecular formula is C28H29N5O5S. The van der Waals surface area contributed by atoms with Crippen molar-refractivity contribution >= 4 is 38.0 Å². The van der Waals surface area contributed by atoms with Crippen molar-refractivity contribution in [3.63, 3.8) is 0 Å². The number of nitrogens with zero attached hydrogens (tertiary/aromatic N) is 4. The van der Waals surface area contributed by atoms with Crippen LogP contribution in [0.2, 0.25) is 0 Å². The summed E-state index contributed by atoms with van der Waals surface area (Å²) in [4.78, 5) is 38.0. The summed E-state index contributed by atoms with van der Waals surface area (Å²) in [5, 5.41) is -0.776. The molecule has 10 nitrogen and oxygen atoms in total. The molecule has 5 rings (SSSR count). The molecule has 1 aliphatic carbocycles. The third-order valence-corrected chi connectivity index (χ3v) is 7.97. The molecule has 0 atom stereocenters. The first-order chi connectivity index (χ1) is 18.7. The molecule has 0 radical (unpaired) electrons. The maximum Gasteiger partial charge on any atom is 0.357 e. The number of benzene rings is 1. The van der Waals surface area contributed by atoms with Gasteiger partial charge in [-0.2, -0.15) is 8.42 Å². The summed E-state index contributed by atoms with van der Waals surface area (Å²) in [5.74, 6) is -0.0436. The van der Waals surface area contributed by atoms with E-state index in [1.165, 1.54) is 6.20 Å². The number of carbonyl (C=O) groups is 2. The second-order valence-corrected chi connectivity index (χ2v) is 11.1. The van der Waals surface area contributed by atoms with Crippen LogP contribution in [0.1, 0.15) is 54.1 Å². The highest BCUT2D eigenvalue weighted by Gasteiger charge is 2.38. The van der Waals surface area contributed by atoms with Crippen LogP contribution in [0.5, 0.6) is 0 Å². The van der Waals surface area contributed by atoms with Crippen LogP contribution >= 0.6 is 0 Å². The molecule has 0 bridgehead atoms. The van der Waals surface area contributed by atoms with Crippen LogP contribution in [-0.2, 0) is 32.5 Å². The summed E-state index contributed by atoms with van der Waals surface area (Å²) < 4.78 is 34.7. The lowest BCUT2D eigenvalue weighted by Gasteiger charge is -2.13. The Bertz CT molecular complexity index is 1670. The summed E-state index contributed by atoms with van der Waals surface area (Å²) in [6.07, 6.45) is 4.87. The van der Waals surface area contributed by atoms with Gasteiger partial charge in [0.05, 0.1) is 25.0 Å². The van der Waals surface area contributed by atoms with Gasteiger partial charge in [-0.05, 0) is 55.5 Å². The van der Waals surface area contributed by atoms with Crippen molar-refractivity contribution in [3.05, 3.63) is 71.4 Å². The fourth-order valence-corrected chi connectivity index (χ4v) is 5.69. The van der Waals surface area contributed by atoms with Crippen molar-refractivity contribution in [2.45, 2.75) is 46.6 Å². The molecule has 1 aliphatic rings. The van der Waals surface area contributed by atoms with Gasteiger partial charge >= 0.3 is 5.97 Å². The van der Waals surface area contributed by atoms with Gasteiger partial charge in [0.15, 0.2) is 11.3 Å². The van der Waals surface area contributed by atoms with Crippen LogP contribution in [0.3, 0.4) is 0 Å². The van der Waals surface area contributed by atoms with E-state index in [0.29, 0.717) is 37.0 Å². The Hall–Kier alpha value is -4.12. The smallest absolute Gasteiger partial charge is 0.357 e. The van der Waals surface area contributed by atoms with Gasteiger partial charge in [-0.1, -0.05) is 31.2 Å². The summed E-state index contributed by atoms with van der Waals surface area (Å²) in [7, 11) is -4.15. The van der Waals surface area contributed by atoms with E-state index >= 15 is 0 Å². The Kier molecular flexibility index (Phi) is 7.17. The highest BCUT2D eigenvalue weighted by Crippen LogP contribution is 2.34. The summed E-state index contributed by atoms with van der Waals surface area (Å²) in [5.41, 5.74) is 5.04. The molecule has 39 heavy (non-hydrogen) atoms. The van der Waals surface area contributed by atoms with E-state index < -0.39 is 27.0 Å². The van der Waals surface area contributed by atoms with Crippen LogP contribution in [0, 0.1) is 12.8 Å². The molecule has 11 heteroatoms. The third kappa shape index (κ3) is 5.40. The van der Waals surface area contributed by atoms with Gasteiger partial charge in [0.1, 0.15) is 11.3 Å². The number of pyridine rings is 2. The number of aromatic nitrogens is 4. The van der Waals surface area contributed by atoms with Crippen molar-refractivity contribution < 1.29 is 22.7 Å². The Labute approximate surface area is 226 Å². The molecule has 4 aromatic rings. The van der Waals surface area contributed by atoms with E-state index in [2.05, 4.69) is 14.7 Å². The topological polar surface area (TPSA) is 133 Å². The third-order valence-electron chi connectivity index (χ3n) is 6.62. The molecule has 1 aromatic carbocycles. The number of esters is 1. The van der Waals surface area contributed by atoms with E-state index in [-0.39, 0.29) is 18.0 Å². The van der Waals surface area contributed by atoms with Crippen molar-refractivity contribution in [2.75, 3.05) is 11.3 Å². The number of aryl methyl sites for hydroxylation is 2. The maximum absolute atomic E-state index is 12.6. The van der Waals surface area contributed by atoms with Crippen LogP contribution in [0.25, 0.3) is 22.3 Å². The van der Waals surface area contributed by atoms with Gasteiger partial charge in [0.2, 0.25) is 0 Å². The standard InChI is InChI=1S/C28H29N5O5S/c1-4-24-31-25-17(3)14-22(27(34)38-5-2)30-26(25)33(24)16-18-6-8-19(9-7-18)21-12-13-29-15-23(21)32-39(36,37)28(35)20-10-11-20/h6-9,12-15,20,32H,4-5,10-11,16H2,1-3H3. The van der Waals surface area contributed by atoms with Gasteiger partial charge in [-0.15, -0.1) is 0 Å². The zero-order valence-corrected chi connectivity index (χ0v) is 22.8. The number of fused-ring (bicyclic) bond motifs is 1. The van der Waals surface area contributed by atoms with E-state index in [4.69, 9.17) is 9.72 Å². The predicted molar refractivity (Wildman–Crippen MR) is 147 cm³/mol. The minimum Gasteiger partial charge on any atom is -0.461 e. The molecule has 0 spiro atoms. The zero-order chi connectivity index (χ0) is 27.7. The Morgan fingerprint density at radius 3 is 2.51 bits per heavy atom. The van der Waals surface area contributed by atoms with Crippen LogP contribution in [0.15, 0.2) is 48.8 Å². The number of imidazole rings is 1. The number of ether oxygens (including phenoxy) is 1. The van der Waals surface area contributed by atoms with Gasteiger partial charge in [-0.3, -0.25) is 14.5 Å². The monoisotopic (exact) mass is 547 g/mol. The summed E-state index contributed by atoms with van der Waals surface area (Å²) in [6.45, 7) is 6.41. The molecule has 1 fully saturated rings. The number of hydrogen-bond donors (Lipinski definition) is 1. The van der Waals surface area contributed by atoms with Gasteiger partial charge in [0, 0.05) is 24.1 Å². The van der Waals surface area contributed by atoms with Crippen molar-refractivity contribution in [1.82, 2.24) is 19.5 Å². The van der Waals surface area contributed by atoms with Crippen LogP contribution in [-0.4, -0.2) is 45.6 Å². The molecule has 1 N–H and O–H groups in total.